The minimum Gasteiger partial charge on any atom is -0.331 e. The molecule has 10 nitrogen and oxygen atoms in total. The average molecular weight is 520 g/mol. The highest BCUT2D eigenvalue weighted by molar-refractivity contribution is 6.32. The fraction of sp³-hybridized carbons (Fsp3) is 0.273. The predicted molar refractivity (Wildman–Crippen MR) is 116 cm³/mol. The monoisotopic (exact) mass is 519 g/mol. The first kappa shape index (κ1) is 23.6. The van der Waals surface area contributed by atoms with Crippen molar-refractivity contribution in [2.24, 2.45) is 0 Å². The minimum atomic E-state index is -4.88. The van der Waals surface area contributed by atoms with Crippen LogP contribution < -0.4 is 4.90 Å². The number of hydrogen-bond donors (Lipinski definition) is 0. The second-order valence-electron chi connectivity index (χ2n) is 8.49. The van der Waals surface area contributed by atoms with Gasteiger partial charge in [-0.25, -0.2) is 9.69 Å². The molecule has 3 aliphatic rings. The van der Waals surface area contributed by atoms with Crippen molar-refractivity contribution in [3.05, 3.63) is 68.2 Å². The van der Waals surface area contributed by atoms with E-state index in [-0.39, 0.29) is 29.2 Å². The second kappa shape index (κ2) is 7.92. The van der Waals surface area contributed by atoms with Gasteiger partial charge in [-0.1, -0.05) is 11.6 Å². The van der Waals surface area contributed by atoms with Crippen LogP contribution in [0.4, 0.5) is 29.3 Å². The summed E-state index contributed by atoms with van der Waals surface area (Å²) in [5, 5.41) is 20.0. The summed E-state index contributed by atoms with van der Waals surface area (Å²) in [5.41, 5.74) is -2.76. The van der Waals surface area contributed by atoms with Gasteiger partial charge < -0.3 is 9.80 Å². The van der Waals surface area contributed by atoms with Crippen molar-refractivity contribution in [1.82, 2.24) is 9.80 Å². The highest BCUT2D eigenvalue weighted by Gasteiger charge is 2.63. The molecule has 3 heterocycles. The van der Waals surface area contributed by atoms with Crippen LogP contribution in [0.5, 0.6) is 0 Å². The Kier molecular flexibility index (Phi) is 5.18. The van der Waals surface area contributed by atoms with Crippen LogP contribution in [-0.4, -0.2) is 57.2 Å². The molecule has 3 aliphatic heterocycles. The number of likely N-dealkylation sites (tertiary alicyclic amines) is 1. The van der Waals surface area contributed by atoms with Gasteiger partial charge in [-0.3, -0.25) is 19.7 Å². The molecule has 0 radical (unpaired) electrons. The second-order valence-corrected chi connectivity index (χ2v) is 8.89. The van der Waals surface area contributed by atoms with E-state index in [9.17, 15) is 37.7 Å². The van der Waals surface area contributed by atoms with Crippen LogP contribution in [0.15, 0.2) is 36.4 Å². The molecule has 2 aromatic carbocycles. The summed E-state index contributed by atoms with van der Waals surface area (Å²) in [7, 11) is 0. The van der Waals surface area contributed by atoms with Crippen LogP contribution in [0.1, 0.15) is 27.9 Å². The fourth-order valence-electron chi connectivity index (χ4n) is 5.08. The van der Waals surface area contributed by atoms with E-state index in [1.165, 1.54) is 28.0 Å². The number of hydrogen-bond acceptors (Lipinski definition) is 6. The van der Waals surface area contributed by atoms with Crippen LogP contribution in [-0.2, 0) is 11.0 Å². The molecule has 0 aromatic heterocycles. The summed E-state index contributed by atoms with van der Waals surface area (Å²) in [6.07, 6.45) is -4.61. The highest BCUT2D eigenvalue weighted by Crippen LogP contribution is 2.44. The summed E-state index contributed by atoms with van der Waals surface area (Å²) in [6.45, 7) is 0.0461. The molecular formula is C22H13ClF3N5O5. The van der Waals surface area contributed by atoms with Gasteiger partial charge in [-0.2, -0.15) is 18.4 Å². The minimum absolute atomic E-state index is 0.0271. The van der Waals surface area contributed by atoms with Crippen molar-refractivity contribution in [2.75, 3.05) is 11.4 Å². The lowest BCUT2D eigenvalue weighted by Gasteiger charge is -2.34. The summed E-state index contributed by atoms with van der Waals surface area (Å²) >= 11 is 5.81. The molecule has 3 atom stereocenters. The Labute approximate surface area is 205 Å². The van der Waals surface area contributed by atoms with E-state index in [0.29, 0.717) is 11.0 Å². The van der Waals surface area contributed by atoms with Crippen LogP contribution in [0, 0.1) is 21.4 Å². The Morgan fingerprint density at radius 1 is 1.19 bits per heavy atom. The topological polar surface area (TPSA) is 128 Å². The van der Waals surface area contributed by atoms with Crippen molar-refractivity contribution in [3.63, 3.8) is 0 Å². The molecule has 5 rings (SSSR count). The number of nitriles is 1. The summed E-state index contributed by atoms with van der Waals surface area (Å²) in [5.74, 6) is -1.40. The molecule has 2 aromatic rings. The lowest BCUT2D eigenvalue weighted by molar-refractivity contribution is -0.384. The number of alkyl halides is 3. The Balaban J connectivity index is 1.45. The number of carbonyl (C=O) groups is 3. The number of halogens is 4. The molecule has 3 saturated heterocycles. The smallest absolute Gasteiger partial charge is 0.331 e. The van der Waals surface area contributed by atoms with Gasteiger partial charge in [0.25, 0.3) is 17.5 Å². The van der Waals surface area contributed by atoms with E-state index >= 15 is 0 Å². The van der Waals surface area contributed by atoms with E-state index in [2.05, 4.69) is 0 Å². The molecule has 0 spiro atoms. The van der Waals surface area contributed by atoms with Gasteiger partial charge >= 0.3 is 12.2 Å². The average Bonchev–Trinajstić information content (AvgIpc) is 3.49. The van der Waals surface area contributed by atoms with Crippen molar-refractivity contribution in [1.29, 1.82) is 5.26 Å². The number of rotatable bonds is 3. The number of benzene rings is 2. The van der Waals surface area contributed by atoms with Crippen LogP contribution >= 0.6 is 11.6 Å². The third kappa shape index (κ3) is 3.36. The quantitative estimate of drug-likeness (QED) is 0.346. The molecule has 3 fully saturated rings. The maximum Gasteiger partial charge on any atom is 0.417 e. The number of imide groups is 1. The number of piperazine rings is 1. The van der Waals surface area contributed by atoms with Crippen molar-refractivity contribution < 1.29 is 32.5 Å². The molecule has 2 bridgehead atoms. The molecule has 0 aliphatic carbocycles. The molecule has 4 amide bonds. The van der Waals surface area contributed by atoms with Gasteiger partial charge in [-0.05, 0) is 36.8 Å². The maximum absolute atomic E-state index is 13.4. The van der Waals surface area contributed by atoms with Gasteiger partial charge in [-0.15, -0.1) is 0 Å². The first-order valence-electron chi connectivity index (χ1n) is 10.5. The van der Waals surface area contributed by atoms with E-state index in [1.54, 1.807) is 0 Å². The first-order valence-corrected chi connectivity index (χ1v) is 10.8. The zero-order chi connectivity index (χ0) is 26.1. The van der Waals surface area contributed by atoms with Crippen LogP contribution in [0.3, 0.4) is 0 Å². The largest absolute Gasteiger partial charge is 0.417 e. The Hall–Kier alpha value is -4.18. The lowest BCUT2D eigenvalue weighted by Crippen LogP contribution is -2.54. The predicted octanol–water partition coefficient (Wildman–Crippen LogP) is 3.57. The zero-order valence-electron chi connectivity index (χ0n) is 17.9. The molecule has 0 N–H and O–H groups in total. The molecule has 14 heteroatoms. The summed E-state index contributed by atoms with van der Waals surface area (Å²) in [6, 6.07) is 4.28. The summed E-state index contributed by atoms with van der Waals surface area (Å²) in [4.78, 5) is 53.2. The standard InChI is InChI=1S/C22H13ClF3N5O5/c23-15-4-2-10(5-16(15)31(35)36)19(32)28-9-13-7-17(28)18-20(33)30(21(34)29(13)18)12-3-1-11(8-27)14(6-12)22(24,25)26/h1-6,13,17-18H,7,9H2. The molecule has 36 heavy (non-hydrogen) atoms. The third-order valence-corrected chi connectivity index (χ3v) is 6.92. The number of nitro benzene ring substituents is 1. The Morgan fingerprint density at radius 3 is 2.56 bits per heavy atom. The first-order chi connectivity index (χ1) is 16.9. The number of nitrogens with zero attached hydrogens (tertiary/aromatic N) is 5. The van der Waals surface area contributed by atoms with Crippen molar-refractivity contribution in [3.8, 4) is 6.07 Å². The third-order valence-electron chi connectivity index (χ3n) is 6.60. The number of nitro groups is 1. The SMILES string of the molecule is N#Cc1ccc(N2C(=O)C3C4CC(CN4C(=O)c4ccc(Cl)c([N+](=O)[O-])c4)N3C2=O)cc1C(F)(F)F. The lowest BCUT2D eigenvalue weighted by atomic mass is 10.0. The highest BCUT2D eigenvalue weighted by atomic mass is 35.5. The van der Waals surface area contributed by atoms with Crippen molar-refractivity contribution in [2.45, 2.75) is 30.7 Å². The molecular weight excluding hydrogens is 507 g/mol. The van der Waals surface area contributed by atoms with Gasteiger partial charge in [0.2, 0.25) is 0 Å². The Bertz CT molecular complexity index is 1410. The fourth-order valence-corrected chi connectivity index (χ4v) is 5.27. The van der Waals surface area contributed by atoms with Gasteiger partial charge in [0, 0.05) is 18.2 Å². The van der Waals surface area contributed by atoms with Gasteiger partial charge in [0.15, 0.2) is 0 Å². The number of anilines is 1. The molecule has 0 saturated carbocycles. The van der Waals surface area contributed by atoms with E-state index in [4.69, 9.17) is 16.9 Å². The normalized spacial score (nSPS) is 22.8. The number of amides is 4. The van der Waals surface area contributed by atoms with Crippen LogP contribution in [0.25, 0.3) is 0 Å². The van der Waals surface area contributed by atoms with Gasteiger partial charge in [0.05, 0.1) is 39.9 Å². The number of urea groups is 1. The zero-order valence-corrected chi connectivity index (χ0v) is 18.7. The maximum atomic E-state index is 13.4. The Morgan fingerprint density at radius 2 is 1.92 bits per heavy atom. The van der Waals surface area contributed by atoms with Gasteiger partial charge in [0.1, 0.15) is 11.1 Å². The summed E-state index contributed by atoms with van der Waals surface area (Å²) < 4.78 is 40.3. The van der Waals surface area contributed by atoms with E-state index in [0.717, 1.165) is 18.2 Å². The van der Waals surface area contributed by atoms with Crippen LogP contribution in [0.2, 0.25) is 5.02 Å². The number of fused-ring (bicyclic) bond motifs is 5. The van der Waals surface area contributed by atoms with E-state index < -0.39 is 63.9 Å². The molecule has 184 valence electrons. The van der Waals surface area contributed by atoms with E-state index in [1.807, 2.05) is 0 Å². The number of carbonyl (C=O) groups excluding carboxylic acids is 3. The molecule has 3 unspecified atom stereocenters. The van der Waals surface area contributed by atoms with Crippen molar-refractivity contribution >= 4 is 40.8 Å².